The molecule has 1 aromatic heterocycles. The maximum atomic E-state index is 13.4. The molecule has 0 amide bonds. The first-order valence-electron chi connectivity index (χ1n) is 10.7. The lowest BCUT2D eigenvalue weighted by Crippen LogP contribution is -2.45. The lowest BCUT2D eigenvalue weighted by Gasteiger charge is -2.28. The van der Waals surface area contributed by atoms with Crippen molar-refractivity contribution in [1.29, 1.82) is 15.9 Å². The van der Waals surface area contributed by atoms with Crippen molar-refractivity contribution >= 4 is 28.8 Å². The molecule has 1 N–H and O–H groups in total. The van der Waals surface area contributed by atoms with E-state index in [1.165, 1.54) is 21.3 Å². The Bertz CT molecular complexity index is 1620. The highest BCUT2D eigenvalue weighted by Gasteiger charge is 2.39. The Morgan fingerprint density at radius 1 is 0.972 bits per heavy atom. The fourth-order valence-electron chi connectivity index (χ4n) is 4.22. The molecule has 0 radical (unpaired) electrons. The summed E-state index contributed by atoms with van der Waals surface area (Å²) in [5.41, 5.74) is 0.918. The van der Waals surface area contributed by atoms with Crippen LogP contribution in [-0.4, -0.2) is 38.8 Å². The minimum absolute atomic E-state index is 0.197. The molecular formula is C26H22N4O5S. The lowest BCUT2D eigenvalue weighted by atomic mass is 9.79. The van der Waals surface area contributed by atoms with Crippen molar-refractivity contribution in [2.24, 2.45) is 5.92 Å². The summed E-state index contributed by atoms with van der Waals surface area (Å²) in [6, 6.07) is 14.6. The molecule has 9 nitrogen and oxygen atoms in total. The second-order valence-electron chi connectivity index (χ2n) is 7.77. The second-order valence-corrected chi connectivity index (χ2v) is 8.80. The van der Waals surface area contributed by atoms with Crippen molar-refractivity contribution in [3.63, 3.8) is 0 Å². The summed E-state index contributed by atoms with van der Waals surface area (Å²) in [5, 5.41) is 28.9. The van der Waals surface area contributed by atoms with E-state index in [9.17, 15) is 15.3 Å². The van der Waals surface area contributed by atoms with Crippen LogP contribution in [0.4, 0.5) is 0 Å². The molecular weight excluding hydrogens is 480 g/mol. The van der Waals surface area contributed by atoms with E-state index >= 15 is 0 Å². The van der Waals surface area contributed by atoms with Gasteiger partial charge in [-0.2, -0.15) is 10.5 Å². The minimum Gasteiger partial charge on any atom is -0.497 e. The summed E-state index contributed by atoms with van der Waals surface area (Å²) in [4.78, 5) is 13.4. The first kappa shape index (κ1) is 24.6. The summed E-state index contributed by atoms with van der Waals surface area (Å²) >= 11 is 1.09. The molecule has 0 spiro atoms. The summed E-state index contributed by atoms with van der Waals surface area (Å²) in [5.74, 6) is -0.00683. The number of nitrogens with zero attached hydrogens (tertiary/aromatic N) is 3. The molecule has 3 aromatic rings. The van der Waals surface area contributed by atoms with Crippen LogP contribution in [-0.2, 0) is 0 Å². The molecule has 2 atom stereocenters. The predicted molar refractivity (Wildman–Crippen MR) is 134 cm³/mol. The van der Waals surface area contributed by atoms with E-state index < -0.39 is 17.4 Å². The van der Waals surface area contributed by atoms with E-state index in [1.54, 1.807) is 49.6 Å². The fourth-order valence-corrected chi connectivity index (χ4v) is 5.35. The van der Waals surface area contributed by atoms with Crippen LogP contribution in [0.5, 0.6) is 23.0 Å². The Hall–Kier alpha value is -4.54. The van der Waals surface area contributed by atoms with E-state index in [0.717, 1.165) is 15.9 Å². The molecule has 2 aromatic carbocycles. The largest absolute Gasteiger partial charge is 0.497 e. The maximum Gasteiger partial charge on any atom is 0.274 e. The van der Waals surface area contributed by atoms with Gasteiger partial charge in [0, 0.05) is 29.2 Å². The van der Waals surface area contributed by atoms with E-state index in [0.29, 0.717) is 43.3 Å². The number of hydrogen-bond acceptors (Lipinski definition) is 9. The van der Waals surface area contributed by atoms with Gasteiger partial charge in [0.25, 0.3) is 5.56 Å². The summed E-state index contributed by atoms with van der Waals surface area (Å²) in [6.45, 7) is 0. The quantitative estimate of drug-likeness (QED) is 0.547. The number of nitriles is 2. The highest BCUT2D eigenvalue weighted by molar-refractivity contribution is 7.07. The van der Waals surface area contributed by atoms with Crippen LogP contribution in [0.3, 0.4) is 0 Å². The number of benzene rings is 2. The van der Waals surface area contributed by atoms with Gasteiger partial charge in [-0.3, -0.25) is 14.8 Å². The van der Waals surface area contributed by atoms with Gasteiger partial charge >= 0.3 is 0 Å². The number of ether oxygens (including phenoxy) is 4. The van der Waals surface area contributed by atoms with Crippen LogP contribution in [0.15, 0.2) is 41.2 Å². The van der Waals surface area contributed by atoms with E-state index in [4.69, 9.17) is 24.4 Å². The molecule has 1 aliphatic rings. The van der Waals surface area contributed by atoms with Crippen molar-refractivity contribution in [3.05, 3.63) is 67.1 Å². The smallest absolute Gasteiger partial charge is 0.274 e. The van der Waals surface area contributed by atoms with Crippen LogP contribution in [0.25, 0.3) is 11.6 Å². The molecule has 4 rings (SSSR count). The number of methoxy groups -OCH3 is 4. The molecule has 36 heavy (non-hydrogen) atoms. The van der Waals surface area contributed by atoms with E-state index in [2.05, 4.69) is 12.1 Å². The molecule has 0 saturated carbocycles. The molecule has 2 unspecified atom stereocenters. The average molecular weight is 503 g/mol. The molecule has 182 valence electrons. The number of aromatic nitrogens is 1. The SMILES string of the molecule is COc1ccc(C=c2sc3n(c2=O)C(=N)C(C#N)C(c2ccc(OC)cc2OC)C=3C#N)c(OC)c1. The fraction of sp³-hybridized carbons (Fsp3) is 0.231. The summed E-state index contributed by atoms with van der Waals surface area (Å²) < 4.78 is 23.2. The third kappa shape index (κ3) is 3.98. The van der Waals surface area contributed by atoms with E-state index in [1.807, 2.05) is 0 Å². The van der Waals surface area contributed by atoms with Crippen molar-refractivity contribution in [3.8, 4) is 35.1 Å². The zero-order valence-corrected chi connectivity index (χ0v) is 20.8. The van der Waals surface area contributed by atoms with Gasteiger partial charge in [0.05, 0.1) is 50.7 Å². The predicted octanol–water partition coefficient (Wildman–Crippen LogP) is 2.21. The molecule has 0 aliphatic carbocycles. The molecule has 2 heterocycles. The van der Waals surface area contributed by atoms with Gasteiger partial charge in [0.15, 0.2) is 0 Å². The summed E-state index contributed by atoms with van der Waals surface area (Å²) in [6.07, 6.45) is 1.64. The lowest BCUT2D eigenvalue weighted by molar-refractivity contribution is 0.389. The van der Waals surface area contributed by atoms with Crippen molar-refractivity contribution in [1.82, 2.24) is 4.57 Å². The highest BCUT2D eigenvalue weighted by Crippen LogP contribution is 2.41. The Kier molecular flexibility index (Phi) is 6.82. The second kappa shape index (κ2) is 9.98. The maximum absolute atomic E-state index is 13.4. The van der Waals surface area contributed by atoms with Crippen LogP contribution >= 0.6 is 11.3 Å². The minimum atomic E-state index is -1.08. The molecule has 10 heteroatoms. The van der Waals surface area contributed by atoms with Crippen molar-refractivity contribution in [2.45, 2.75) is 5.92 Å². The Labute approximate surface area is 210 Å². The van der Waals surface area contributed by atoms with Gasteiger partial charge in [0.1, 0.15) is 39.4 Å². The normalized spacial score (nSPS) is 17.1. The highest BCUT2D eigenvalue weighted by atomic mass is 32.1. The zero-order chi connectivity index (χ0) is 26.0. The number of hydrogen-bond donors (Lipinski definition) is 1. The Morgan fingerprint density at radius 3 is 2.19 bits per heavy atom. The standard InChI is InChI=1S/C26H22N4O5S/c1-32-15-6-5-14(20(10-15)34-3)9-22-25(31)30-24(29)18(12-27)23(19(13-28)26(30)36-22)17-8-7-16(33-2)11-21(17)35-4/h5-11,18,23,29H,1-4H3. The average Bonchev–Trinajstić information content (AvgIpc) is 3.23. The van der Waals surface area contributed by atoms with Gasteiger partial charge in [0.2, 0.25) is 0 Å². The Balaban J connectivity index is 2.01. The van der Waals surface area contributed by atoms with Crippen LogP contribution < -0.4 is 33.7 Å². The number of rotatable bonds is 6. The summed E-state index contributed by atoms with van der Waals surface area (Å²) in [7, 11) is 6.06. The van der Waals surface area contributed by atoms with Crippen LogP contribution in [0, 0.1) is 34.0 Å². The molecule has 0 fully saturated rings. The third-order valence-electron chi connectivity index (χ3n) is 6.00. The van der Waals surface area contributed by atoms with E-state index in [-0.39, 0.29) is 11.4 Å². The van der Waals surface area contributed by atoms with Gasteiger partial charge in [-0.05, 0) is 24.3 Å². The van der Waals surface area contributed by atoms with Crippen LogP contribution in [0.1, 0.15) is 17.0 Å². The van der Waals surface area contributed by atoms with Gasteiger partial charge < -0.3 is 18.9 Å². The topological polar surface area (TPSA) is 130 Å². The van der Waals surface area contributed by atoms with Gasteiger partial charge in [-0.25, -0.2) is 0 Å². The number of thiazole rings is 1. The number of nitrogens with one attached hydrogen (secondary N) is 1. The molecule has 0 bridgehead atoms. The van der Waals surface area contributed by atoms with Crippen molar-refractivity contribution < 1.29 is 18.9 Å². The Morgan fingerprint density at radius 2 is 1.61 bits per heavy atom. The monoisotopic (exact) mass is 502 g/mol. The van der Waals surface area contributed by atoms with Gasteiger partial charge in [-0.1, -0.05) is 6.07 Å². The first-order valence-corrected chi connectivity index (χ1v) is 11.5. The first-order chi connectivity index (χ1) is 17.4. The van der Waals surface area contributed by atoms with Crippen LogP contribution in [0.2, 0.25) is 0 Å². The molecule has 1 aliphatic heterocycles. The molecule has 0 saturated heterocycles. The zero-order valence-electron chi connectivity index (χ0n) is 20.0. The number of fused-ring (bicyclic) bond motifs is 1. The van der Waals surface area contributed by atoms with Crippen molar-refractivity contribution in [2.75, 3.05) is 28.4 Å². The van der Waals surface area contributed by atoms with Gasteiger partial charge in [-0.15, -0.1) is 11.3 Å². The third-order valence-corrected chi connectivity index (χ3v) is 7.10.